The normalized spacial score (nSPS) is 14.4. The average Bonchev–Trinajstić information content (AvgIpc) is 3.36. The number of hydrogen-bond donors (Lipinski definition) is 2. The molecule has 1 aliphatic heterocycles. The van der Waals surface area contributed by atoms with Crippen LogP contribution in [-0.2, 0) is 37.5 Å². The molecule has 2 N–H and O–H groups in total. The van der Waals surface area contributed by atoms with E-state index in [2.05, 4.69) is 15.7 Å². The van der Waals surface area contributed by atoms with E-state index in [1.807, 2.05) is 0 Å². The van der Waals surface area contributed by atoms with Gasteiger partial charge in [-0.05, 0) is 36.4 Å². The minimum Gasteiger partial charge on any atom is -0.467 e. The van der Waals surface area contributed by atoms with E-state index in [4.69, 9.17) is 4.42 Å². The number of carbonyl (C=O) groups is 2. The lowest BCUT2D eigenvalue weighted by atomic mass is 10.2. The molecule has 0 unspecified atom stereocenters. The minimum atomic E-state index is -3.39. The van der Waals surface area contributed by atoms with Crippen LogP contribution < -0.4 is 10.6 Å². The molecule has 4 rings (SSSR count). The van der Waals surface area contributed by atoms with Gasteiger partial charge in [-0.3, -0.25) is 9.59 Å². The summed E-state index contributed by atoms with van der Waals surface area (Å²) in [6, 6.07) is 8.56. The van der Waals surface area contributed by atoms with Crippen molar-refractivity contribution in [1.82, 2.24) is 15.1 Å². The Hall–Kier alpha value is -3.47. The van der Waals surface area contributed by atoms with Crippen molar-refractivity contribution in [1.29, 1.82) is 0 Å². The predicted octanol–water partition coefficient (Wildman–Crippen LogP) is 1.29. The lowest BCUT2D eigenvalue weighted by Crippen LogP contribution is -2.35. The Kier molecular flexibility index (Phi) is 4.66. The van der Waals surface area contributed by atoms with Crippen LogP contribution in [0.1, 0.15) is 17.0 Å². The zero-order valence-electron chi connectivity index (χ0n) is 14.9. The van der Waals surface area contributed by atoms with Crippen molar-refractivity contribution < 1.29 is 26.8 Å². The van der Waals surface area contributed by atoms with E-state index >= 15 is 0 Å². The fraction of sp³-hybridized carbons (Fsp3) is 0.167. The third kappa shape index (κ3) is 3.90. The van der Waals surface area contributed by atoms with Crippen LogP contribution >= 0.6 is 0 Å². The molecule has 3 heterocycles. The van der Waals surface area contributed by atoms with Crippen molar-refractivity contribution in [3.05, 3.63) is 65.5 Å². The van der Waals surface area contributed by atoms with Gasteiger partial charge in [-0.1, -0.05) is 0 Å². The van der Waals surface area contributed by atoms with E-state index < -0.39 is 27.5 Å². The molecule has 150 valence electrons. The van der Waals surface area contributed by atoms with E-state index in [-0.39, 0.29) is 29.6 Å². The Labute approximate surface area is 164 Å². The number of fused-ring (bicyclic) bond motifs is 1. The minimum absolute atomic E-state index is 0.0168. The molecule has 0 aliphatic carbocycles. The Bertz CT molecular complexity index is 1180. The number of furan rings is 1. The molecule has 0 bridgehead atoms. The summed E-state index contributed by atoms with van der Waals surface area (Å²) < 4.78 is 43.5. The van der Waals surface area contributed by atoms with Crippen molar-refractivity contribution in [3.8, 4) is 5.69 Å². The van der Waals surface area contributed by atoms with Gasteiger partial charge in [-0.15, -0.1) is 0 Å². The number of anilines is 1. The SMILES string of the molecule is O=C(NCc1ccco1)C(=O)Nc1c2c(nn1-c1ccc(F)cc1)CS(=O)(=O)C2. The fourth-order valence-corrected chi connectivity index (χ4v) is 4.46. The Morgan fingerprint density at radius 3 is 2.59 bits per heavy atom. The molecular weight excluding hydrogens is 403 g/mol. The van der Waals surface area contributed by atoms with E-state index in [1.165, 1.54) is 35.2 Å². The fourth-order valence-electron chi connectivity index (χ4n) is 2.97. The van der Waals surface area contributed by atoms with Gasteiger partial charge in [0.2, 0.25) is 0 Å². The van der Waals surface area contributed by atoms with Gasteiger partial charge in [0, 0.05) is 5.56 Å². The third-order valence-electron chi connectivity index (χ3n) is 4.30. The molecule has 11 heteroatoms. The lowest BCUT2D eigenvalue weighted by Gasteiger charge is -2.11. The molecule has 0 saturated heterocycles. The van der Waals surface area contributed by atoms with Crippen molar-refractivity contribution in [2.45, 2.75) is 18.1 Å². The van der Waals surface area contributed by atoms with Gasteiger partial charge in [0.1, 0.15) is 17.4 Å². The second kappa shape index (κ2) is 7.17. The van der Waals surface area contributed by atoms with E-state index in [9.17, 15) is 22.4 Å². The molecule has 0 spiro atoms. The quantitative estimate of drug-likeness (QED) is 0.616. The number of nitrogens with zero attached hydrogens (tertiary/aromatic N) is 2. The highest BCUT2D eigenvalue weighted by Crippen LogP contribution is 2.32. The first-order valence-corrected chi connectivity index (χ1v) is 10.3. The van der Waals surface area contributed by atoms with Gasteiger partial charge in [-0.25, -0.2) is 17.5 Å². The number of hydrogen-bond acceptors (Lipinski definition) is 6. The second-order valence-corrected chi connectivity index (χ2v) is 8.47. The van der Waals surface area contributed by atoms with Crippen molar-refractivity contribution in [2.24, 2.45) is 0 Å². The first-order chi connectivity index (χ1) is 13.8. The maximum Gasteiger partial charge on any atom is 0.314 e. The molecule has 1 aromatic carbocycles. The molecule has 0 radical (unpaired) electrons. The molecular formula is C18H15FN4O5S. The first-order valence-electron chi connectivity index (χ1n) is 8.51. The number of aromatic nitrogens is 2. The molecule has 2 amide bonds. The molecule has 29 heavy (non-hydrogen) atoms. The summed E-state index contributed by atoms with van der Waals surface area (Å²) in [6.45, 7) is 0.0168. The predicted molar refractivity (Wildman–Crippen MR) is 99.0 cm³/mol. The van der Waals surface area contributed by atoms with E-state index in [1.54, 1.807) is 12.1 Å². The molecule has 0 fully saturated rings. The van der Waals surface area contributed by atoms with Gasteiger partial charge in [0.05, 0.1) is 35.7 Å². The molecule has 0 atom stereocenters. The van der Waals surface area contributed by atoms with Crippen LogP contribution in [0.3, 0.4) is 0 Å². The van der Waals surface area contributed by atoms with Crippen LogP contribution in [0, 0.1) is 5.82 Å². The van der Waals surface area contributed by atoms with Gasteiger partial charge < -0.3 is 15.1 Å². The topological polar surface area (TPSA) is 123 Å². The smallest absolute Gasteiger partial charge is 0.314 e. The monoisotopic (exact) mass is 418 g/mol. The highest BCUT2D eigenvalue weighted by atomic mass is 32.2. The van der Waals surface area contributed by atoms with Crippen LogP contribution in [0.25, 0.3) is 5.69 Å². The van der Waals surface area contributed by atoms with Gasteiger partial charge in [-0.2, -0.15) is 5.10 Å². The number of carbonyl (C=O) groups excluding carboxylic acids is 2. The Balaban J connectivity index is 1.60. The summed E-state index contributed by atoms with van der Waals surface area (Å²) in [5.74, 6) is -2.44. The van der Waals surface area contributed by atoms with Crippen molar-refractivity contribution in [3.63, 3.8) is 0 Å². The third-order valence-corrected chi connectivity index (χ3v) is 5.74. The number of amides is 2. The van der Waals surface area contributed by atoms with Crippen LogP contribution in [0.2, 0.25) is 0 Å². The molecule has 2 aromatic heterocycles. The Morgan fingerprint density at radius 1 is 1.14 bits per heavy atom. The van der Waals surface area contributed by atoms with Gasteiger partial charge in [0.15, 0.2) is 9.84 Å². The zero-order valence-corrected chi connectivity index (χ0v) is 15.7. The summed E-state index contributed by atoms with van der Waals surface area (Å²) >= 11 is 0. The summed E-state index contributed by atoms with van der Waals surface area (Å²) in [5.41, 5.74) is 0.992. The first kappa shape index (κ1) is 18.9. The lowest BCUT2D eigenvalue weighted by molar-refractivity contribution is -0.136. The molecule has 1 aliphatic rings. The molecule has 9 nitrogen and oxygen atoms in total. The maximum absolute atomic E-state index is 13.2. The largest absolute Gasteiger partial charge is 0.467 e. The highest BCUT2D eigenvalue weighted by Gasteiger charge is 2.33. The average molecular weight is 418 g/mol. The van der Waals surface area contributed by atoms with Crippen molar-refractivity contribution >= 4 is 27.5 Å². The van der Waals surface area contributed by atoms with Crippen LogP contribution in [-0.4, -0.2) is 30.0 Å². The zero-order chi connectivity index (χ0) is 20.6. The van der Waals surface area contributed by atoms with Crippen molar-refractivity contribution in [2.75, 3.05) is 5.32 Å². The number of nitrogens with one attached hydrogen (secondary N) is 2. The summed E-state index contributed by atoms with van der Waals surface area (Å²) in [6.07, 6.45) is 1.44. The van der Waals surface area contributed by atoms with Gasteiger partial charge in [0.25, 0.3) is 0 Å². The standard InChI is InChI=1S/C18H15FN4O5S/c19-11-3-5-12(6-4-11)23-16(14-9-29(26,27)10-15(14)22-23)21-18(25)17(24)20-8-13-2-1-7-28-13/h1-7H,8-10H2,(H,20,24)(H,21,25). The number of halogens is 1. The molecule has 0 saturated carbocycles. The number of benzene rings is 1. The summed E-state index contributed by atoms with van der Waals surface area (Å²) in [7, 11) is -3.39. The van der Waals surface area contributed by atoms with E-state index in [0.717, 1.165) is 0 Å². The Morgan fingerprint density at radius 2 is 1.90 bits per heavy atom. The summed E-state index contributed by atoms with van der Waals surface area (Å²) in [4.78, 5) is 24.5. The molecule has 3 aromatic rings. The van der Waals surface area contributed by atoms with Crippen LogP contribution in [0.15, 0.2) is 47.1 Å². The van der Waals surface area contributed by atoms with E-state index in [0.29, 0.717) is 17.0 Å². The summed E-state index contributed by atoms with van der Waals surface area (Å²) in [5, 5.41) is 9.08. The highest BCUT2D eigenvalue weighted by molar-refractivity contribution is 7.90. The number of sulfone groups is 1. The van der Waals surface area contributed by atoms with Crippen LogP contribution in [0.4, 0.5) is 10.2 Å². The second-order valence-electron chi connectivity index (χ2n) is 6.41. The number of rotatable bonds is 4. The van der Waals surface area contributed by atoms with Crippen LogP contribution in [0.5, 0.6) is 0 Å². The van der Waals surface area contributed by atoms with Gasteiger partial charge >= 0.3 is 11.8 Å². The maximum atomic E-state index is 13.2.